The molecule has 0 bridgehead atoms. The SMILES string of the molecule is CCOC(=O)C(CC)(Cc1sccc1Cl)C(=O)O. The van der Waals surface area contributed by atoms with E-state index in [1.807, 2.05) is 0 Å². The molecule has 0 saturated heterocycles. The normalized spacial score (nSPS) is 13.9. The van der Waals surface area contributed by atoms with Crippen LogP contribution < -0.4 is 0 Å². The molecule has 1 N–H and O–H groups in total. The minimum Gasteiger partial charge on any atom is -0.480 e. The van der Waals surface area contributed by atoms with Crippen LogP contribution in [0.5, 0.6) is 0 Å². The topological polar surface area (TPSA) is 63.6 Å². The van der Waals surface area contributed by atoms with Gasteiger partial charge in [-0.1, -0.05) is 18.5 Å². The van der Waals surface area contributed by atoms with Crippen molar-refractivity contribution in [3.8, 4) is 0 Å². The Labute approximate surface area is 115 Å². The second-order valence-corrected chi connectivity index (χ2v) is 5.24. The number of rotatable bonds is 6. The van der Waals surface area contributed by atoms with E-state index in [0.29, 0.717) is 9.90 Å². The molecule has 1 heterocycles. The van der Waals surface area contributed by atoms with E-state index in [1.165, 1.54) is 11.3 Å². The van der Waals surface area contributed by atoms with E-state index in [1.54, 1.807) is 25.3 Å². The summed E-state index contributed by atoms with van der Waals surface area (Å²) in [7, 11) is 0. The van der Waals surface area contributed by atoms with Gasteiger partial charge in [-0.25, -0.2) is 0 Å². The third-order valence-electron chi connectivity index (χ3n) is 2.83. The minimum absolute atomic E-state index is 0.0637. The molecule has 0 aliphatic rings. The molecule has 100 valence electrons. The zero-order valence-corrected chi connectivity index (χ0v) is 11.8. The predicted octanol–water partition coefficient (Wildman–Crippen LogP) is 2.99. The minimum atomic E-state index is -1.55. The van der Waals surface area contributed by atoms with Gasteiger partial charge in [0, 0.05) is 11.3 Å². The van der Waals surface area contributed by atoms with Crippen LogP contribution in [0.4, 0.5) is 0 Å². The number of aliphatic carboxylic acids is 1. The summed E-state index contributed by atoms with van der Waals surface area (Å²) in [6.45, 7) is 3.47. The first-order valence-electron chi connectivity index (χ1n) is 5.60. The maximum Gasteiger partial charge on any atom is 0.323 e. The van der Waals surface area contributed by atoms with Crippen LogP contribution in [-0.4, -0.2) is 23.7 Å². The summed E-state index contributed by atoms with van der Waals surface area (Å²) >= 11 is 7.30. The van der Waals surface area contributed by atoms with Crippen LogP contribution >= 0.6 is 22.9 Å². The van der Waals surface area contributed by atoms with Crippen LogP contribution in [0.2, 0.25) is 5.02 Å². The Bertz CT molecular complexity index is 443. The molecular formula is C12H15ClO4S. The first-order chi connectivity index (χ1) is 8.47. The van der Waals surface area contributed by atoms with Gasteiger partial charge in [0.1, 0.15) is 0 Å². The van der Waals surface area contributed by atoms with Gasteiger partial charge in [0.05, 0.1) is 11.6 Å². The van der Waals surface area contributed by atoms with Gasteiger partial charge in [0.2, 0.25) is 0 Å². The van der Waals surface area contributed by atoms with E-state index in [0.717, 1.165) is 0 Å². The van der Waals surface area contributed by atoms with Crippen molar-refractivity contribution in [1.29, 1.82) is 0 Å². The molecule has 1 rings (SSSR count). The molecule has 0 radical (unpaired) electrons. The Kier molecular flexibility index (Phi) is 5.16. The quantitative estimate of drug-likeness (QED) is 0.646. The highest BCUT2D eigenvalue weighted by atomic mass is 35.5. The van der Waals surface area contributed by atoms with Crippen LogP contribution in [0, 0.1) is 5.41 Å². The summed E-state index contributed by atoms with van der Waals surface area (Å²) in [5, 5.41) is 11.6. The van der Waals surface area contributed by atoms with Crippen molar-refractivity contribution in [3.05, 3.63) is 21.3 Å². The number of carbonyl (C=O) groups excluding carboxylic acids is 1. The fraction of sp³-hybridized carbons (Fsp3) is 0.500. The number of carboxylic acid groups (broad SMARTS) is 1. The van der Waals surface area contributed by atoms with Crippen molar-refractivity contribution < 1.29 is 19.4 Å². The van der Waals surface area contributed by atoms with Crippen molar-refractivity contribution in [2.24, 2.45) is 5.41 Å². The fourth-order valence-electron chi connectivity index (χ4n) is 1.65. The average molecular weight is 291 g/mol. The van der Waals surface area contributed by atoms with Crippen LogP contribution in [-0.2, 0) is 20.7 Å². The number of carboxylic acids is 1. The standard InChI is InChI=1S/C12H15ClO4S/c1-3-12(10(14)15,11(16)17-4-2)7-9-8(13)5-6-18-9/h5-6H,3-4,7H2,1-2H3,(H,14,15). The molecule has 0 spiro atoms. The van der Waals surface area contributed by atoms with E-state index in [4.69, 9.17) is 16.3 Å². The van der Waals surface area contributed by atoms with Crippen molar-refractivity contribution in [1.82, 2.24) is 0 Å². The lowest BCUT2D eigenvalue weighted by Crippen LogP contribution is -2.42. The number of thiophene rings is 1. The number of hydrogen-bond acceptors (Lipinski definition) is 4. The molecule has 18 heavy (non-hydrogen) atoms. The van der Waals surface area contributed by atoms with Crippen molar-refractivity contribution in [2.45, 2.75) is 26.7 Å². The molecular weight excluding hydrogens is 276 g/mol. The summed E-state index contributed by atoms with van der Waals surface area (Å²) in [4.78, 5) is 24.1. The zero-order valence-electron chi connectivity index (χ0n) is 10.2. The van der Waals surface area contributed by atoms with E-state index < -0.39 is 17.4 Å². The number of carbonyl (C=O) groups is 2. The van der Waals surface area contributed by atoms with Gasteiger partial charge in [-0.15, -0.1) is 11.3 Å². The maximum atomic E-state index is 11.9. The largest absolute Gasteiger partial charge is 0.480 e. The Morgan fingerprint density at radius 2 is 2.17 bits per heavy atom. The Morgan fingerprint density at radius 1 is 1.50 bits per heavy atom. The third kappa shape index (κ3) is 2.84. The molecule has 1 aromatic rings. The molecule has 0 aliphatic heterocycles. The summed E-state index contributed by atoms with van der Waals surface area (Å²) in [5.74, 6) is -1.88. The highest BCUT2D eigenvalue weighted by Gasteiger charge is 2.46. The summed E-state index contributed by atoms with van der Waals surface area (Å²) in [6.07, 6.45) is 0.226. The molecule has 0 amide bonds. The van der Waals surface area contributed by atoms with Gasteiger partial charge < -0.3 is 9.84 Å². The van der Waals surface area contributed by atoms with Gasteiger partial charge >= 0.3 is 11.9 Å². The van der Waals surface area contributed by atoms with E-state index in [2.05, 4.69) is 0 Å². The second-order valence-electron chi connectivity index (χ2n) is 3.83. The summed E-state index contributed by atoms with van der Waals surface area (Å²) in [5.41, 5.74) is -1.55. The maximum absolute atomic E-state index is 11.9. The van der Waals surface area contributed by atoms with Gasteiger partial charge in [0.15, 0.2) is 5.41 Å². The van der Waals surface area contributed by atoms with E-state index in [9.17, 15) is 14.7 Å². The number of halogens is 1. The summed E-state index contributed by atoms with van der Waals surface area (Å²) in [6, 6.07) is 1.69. The lowest BCUT2D eigenvalue weighted by Gasteiger charge is -2.25. The molecule has 4 nitrogen and oxygen atoms in total. The zero-order chi connectivity index (χ0) is 13.8. The Hall–Kier alpha value is -1.07. The first kappa shape index (κ1) is 15.0. The molecule has 0 aliphatic carbocycles. The monoisotopic (exact) mass is 290 g/mol. The third-order valence-corrected chi connectivity index (χ3v) is 4.22. The Balaban J connectivity index is 3.08. The second kappa shape index (κ2) is 6.20. The molecule has 0 fully saturated rings. The number of esters is 1. The predicted molar refractivity (Wildman–Crippen MR) is 70.0 cm³/mol. The van der Waals surface area contributed by atoms with Crippen LogP contribution in [0.25, 0.3) is 0 Å². The number of ether oxygens (including phenoxy) is 1. The van der Waals surface area contributed by atoms with Gasteiger partial charge in [-0.05, 0) is 24.8 Å². The summed E-state index contributed by atoms with van der Waals surface area (Å²) < 4.78 is 4.89. The lowest BCUT2D eigenvalue weighted by molar-refractivity contribution is -0.168. The van der Waals surface area contributed by atoms with Gasteiger partial charge in [-0.2, -0.15) is 0 Å². The van der Waals surface area contributed by atoms with Crippen molar-refractivity contribution in [3.63, 3.8) is 0 Å². The van der Waals surface area contributed by atoms with E-state index >= 15 is 0 Å². The van der Waals surface area contributed by atoms with Crippen molar-refractivity contribution >= 4 is 34.9 Å². The van der Waals surface area contributed by atoms with Gasteiger partial charge in [0.25, 0.3) is 0 Å². The fourth-order valence-corrected chi connectivity index (χ4v) is 2.87. The van der Waals surface area contributed by atoms with Crippen LogP contribution in [0.1, 0.15) is 25.1 Å². The molecule has 1 atom stereocenters. The number of hydrogen-bond donors (Lipinski definition) is 1. The molecule has 6 heteroatoms. The highest BCUT2D eigenvalue weighted by Crippen LogP contribution is 2.34. The average Bonchev–Trinajstić information content (AvgIpc) is 2.71. The Morgan fingerprint density at radius 3 is 2.56 bits per heavy atom. The molecule has 0 aromatic carbocycles. The molecule has 0 saturated carbocycles. The van der Waals surface area contributed by atoms with Crippen LogP contribution in [0.15, 0.2) is 11.4 Å². The van der Waals surface area contributed by atoms with Crippen molar-refractivity contribution in [2.75, 3.05) is 6.61 Å². The molecule has 1 aromatic heterocycles. The highest BCUT2D eigenvalue weighted by molar-refractivity contribution is 7.10. The van der Waals surface area contributed by atoms with Gasteiger partial charge in [-0.3, -0.25) is 9.59 Å². The first-order valence-corrected chi connectivity index (χ1v) is 6.86. The molecule has 1 unspecified atom stereocenters. The van der Waals surface area contributed by atoms with Crippen LogP contribution in [0.3, 0.4) is 0 Å². The van der Waals surface area contributed by atoms with E-state index in [-0.39, 0.29) is 19.4 Å². The lowest BCUT2D eigenvalue weighted by atomic mass is 9.81. The smallest absolute Gasteiger partial charge is 0.323 e.